The van der Waals surface area contributed by atoms with E-state index in [1.54, 1.807) is 19.1 Å². The first-order valence-corrected chi connectivity index (χ1v) is 8.39. The van der Waals surface area contributed by atoms with E-state index in [4.69, 9.17) is 0 Å². The molecule has 2 rings (SSSR count). The van der Waals surface area contributed by atoms with Crippen LogP contribution in [-0.4, -0.2) is 16.1 Å². The van der Waals surface area contributed by atoms with Gasteiger partial charge in [0, 0.05) is 26.3 Å². The number of amides is 1. The van der Waals surface area contributed by atoms with E-state index < -0.39 is 4.92 Å². The lowest BCUT2D eigenvalue weighted by Gasteiger charge is -2.12. The zero-order valence-electron chi connectivity index (χ0n) is 11.7. The molecule has 114 valence electrons. The van der Waals surface area contributed by atoms with Crippen LogP contribution in [0, 0.1) is 13.7 Å². The molecule has 2 aromatic carbocycles. The van der Waals surface area contributed by atoms with E-state index in [9.17, 15) is 14.9 Å². The minimum absolute atomic E-state index is 0.0420. The molecule has 0 heterocycles. The quantitative estimate of drug-likeness (QED) is 0.333. The van der Waals surface area contributed by atoms with Gasteiger partial charge in [-0.3, -0.25) is 14.9 Å². The van der Waals surface area contributed by atoms with Gasteiger partial charge in [-0.05, 0) is 65.9 Å². The highest BCUT2D eigenvalue weighted by Gasteiger charge is 2.15. The molecule has 0 aliphatic carbocycles. The minimum atomic E-state index is -0.443. The second-order valence-electron chi connectivity index (χ2n) is 4.51. The topological polar surface area (TPSA) is 72.2 Å². The Balaban J connectivity index is 1.95. The molecule has 5 nitrogen and oxygen atoms in total. The average molecular weight is 428 g/mol. The maximum absolute atomic E-state index is 12.1. The second-order valence-corrected chi connectivity index (χ2v) is 7.17. The number of non-ortho nitro benzene ring substituents is 1. The molecule has 0 saturated carbocycles. The van der Waals surface area contributed by atoms with Crippen molar-refractivity contribution in [2.45, 2.75) is 17.1 Å². The van der Waals surface area contributed by atoms with Gasteiger partial charge in [0.05, 0.1) is 10.2 Å². The van der Waals surface area contributed by atoms with Crippen molar-refractivity contribution in [3.8, 4) is 0 Å². The molecule has 7 heteroatoms. The molecule has 1 unspecified atom stereocenters. The number of nitro benzene ring substituents is 1. The smallest absolute Gasteiger partial charge is 0.269 e. The summed E-state index contributed by atoms with van der Waals surface area (Å²) in [6.45, 7) is 1.80. The number of nitrogens with one attached hydrogen (secondary N) is 1. The monoisotopic (exact) mass is 428 g/mol. The van der Waals surface area contributed by atoms with Crippen molar-refractivity contribution < 1.29 is 9.72 Å². The van der Waals surface area contributed by atoms with Crippen LogP contribution < -0.4 is 5.32 Å². The lowest BCUT2D eigenvalue weighted by atomic mass is 10.3. The highest BCUT2D eigenvalue weighted by Crippen LogP contribution is 2.26. The van der Waals surface area contributed by atoms with Gasteiger partial charge in [-0.2, -0.15) is 0 Å². The molecule has 0 saturated heterocycles. The van der Waals surface area contributed by atoms with Crippen LogP contribution in [-0.2, 0) is 4.79 Å². The third-order valence-corrected chi connectivity index (χ3v) is 4.67. The van der Waals surface area contributed by atoms with E-state index in [-0.39, 0.29) is 16.8 Å². The summed E-state index contributed by atoms with van der Waals surface area (Å²) < 4.78 is 1.10. The molecule has 0 bridgehead atoms. The van der Waals surface area contributed by atoms with Crippen LogP contribution in [0.5, 0.6) is 0 Å². The van der Waals surface area contributed by atoms with E-state index in [0.29, 0.717) is 0 Å². The number of nitrogens with zero attached hydrogens (tertiary/aromatic N) is 1. The molecule has 0 aromatic heterocycles. The molecule has 0 aliphatic rings. The van der Waals surface area contributed by atoms with E-state index in [2.05, 4.69) is 27.9 Å². The van der Waals surface area contributed by atoms with Gasteiger partial charge in [0.25, 0.3) is 5.69 Å². The average Bonchev–Trinajstić information content (AvgIpc) is 2.50. The number of nitro groups is 1. The predicted molar refractivity (Wildman–Crippen MR) is 96.2 cm³/mol. The summed E-state index contributed by atoms with van der Waals surface area (Å²) in [5, 5.41) is 13.1. The van der Waals surface area contributed by atoms with Crippen molar-refractivity contribution in [1.29, 1.82) is 0 Å². The molecule has 1 amide bonds. The summed E-state index contributed by atoms with van der Waals surface area (Å²) in [4.78, 5) is 23.1. The highest BCUT2D eigenvalue weighted by molar-refractivity contribution is 14.1. The number of thioether (sulfide) groups is 1. The van der Waals surface area contributed by atoms with Crippen LogP contribution in [0.3, 0.4) is 0 Å². The maximum Gasteiger partial charge on any atom is 0.269 e. The Labute approximate surface area is 145 Å². The van der Waals surface area contributed by atoms with Crippen molar-refractivity contribution in [1.82, 2.24) is 0 Å². The van der Waals surface area contributed by atoms with E-state index in [1.165, 1.54) is 23.9 Å². The fourth-order valence-electron chi connectivity index (χ4n) is 1.68. The Morgan fingerprint density at radius 1 is 1.18 bits per heavy atom. The molecule has 1 N–H and O–H groups in total. The summed E-state index contributed by atoms with van der Waals surface area (Å²) >= 11 is 3.56. The number of anilines is 1. The molecular formula is C15H13IN2O3S. The summed E-state index contributed by atoms with van der Waals surface area (Å²) in [5.41, 5.74) is 0.793. The van der Waals surface area contributed by atoms with Crippen LogP contribution in [0.15, 0.2) is 53.4 Å². The van der Waals surface area contributed by atoms with Crippen molar-refractivity contribution in [3.05, 3.63) is 62.2 Å². The number of halogens is 1. The van der Waals surface area contributed by atoms with Gasteiger partial charge in [-0.1, -0.05) is 0 Å². The number of benzene rings is 2. The van der Waals surface area contributed by atoms with Crippen molar-refractivity contribution >= 4 is 51.6 Å². The predicted octanol–water partition coefficient (Wildman–Crippen LogP) is 4.32. The Morgan fingerprint density at radius 3 is 2.32 bits per heavy atom. The fraction of sp³-hybridized carbons (Fsp3) is 0.133. The van der Waals surface area contributed by atoms with Crippen LogP contribution in [0.2, 0.25) is 0 Å². The third-order valence-electron chi connectivity index (χ3n) is 2.84. The third kappa shape index (κ3) is 4.70. The van der Waals surface area contributed by atoms with E-state index in [0.717, 1.165) is 14.2 Å². The van der Waals surface area contributed by atoms with Gasteiger partial charge in [0.2, 0.25) is 5.91 Å². The number of carbonyl (C=O) groups excluding carboxylic acids is 1. The van der Waals surface area contributed by atoms with Gasteiger partial charge in [-0.25, -0.2) is 0 Å². The first-order chi connectivity index (χ1) is 10.5. The first kappa shape index (κ1) is 16.8. The Hall–Kier alpha value is -1.61. The highest BCUT2D eigenvalue weighted by atomic mass is 127. The van der Waals surface area contributed by atoms with Crippen molar-refractivity contribution in [2.75, 3.05) is 5.32 Å². The van der Waals surface area contributed by atoms with Crippen molar-refractivity contribution in [2.24, 2.45) is 0 Å². The van der Waals surface area contributed by atoms with Crippen LogP contribution >= 0.6 is 34.4 Å². The van der Waals surface area contributed by atoms with E-state index in [1.807, 2.05) is 24.3 Å². The van der Waals surface area contributed by atoms with Crippen molar-refractivity contribution in [3.63, 3.8) is 0 Å². The normalized spacial score (nSPS) is 11.7. The lowest BCUT2D eigenvalue weighted by Crippen LogP contribution is -2.22. The Morgan fingerprint density at radius 2 is 1.77 bits per heavy atom. The van der Waals surface area contributed by atoms with Gasteiger partial charge < -0.3 is 5.32 Å². The Kier molecular flexibility index (Phi) is 5.78. The van der Waals surface area contributed by atoms with Gasteiger partial charge in [0.15, 0.2) is 0 Å². The fourth-order valence-corrected chi connectivity index (χ4v) is 2.91. The molecule has 22 heavy (non-hydrogen) atoms. The summed E-state index contributed by atoms with van der Waals surface area (Å²) in [6.07, 6.45) is 0. The molecule has 0 radical (unpaired) electrons. The first-order valence-electron chi connectivity index (χ1n) is 6.43. The zero-order valence-corrected chi connectivity index (χ0v) is 14.6. The van der Waals surface area contributed by atoms with E-state index >= 15 is 0 Å². The largest absolute Gasteiger partial charge is 0.325 e. The summed E-state index contributed by atoms with van der Waals surface area (Å²) in [6, 6.07) is 13.7. The number of rotatable bonds is 5. The number of hydrogen-bond donors (Lipinski definition) is 1. The molecule has 0 fully saturated rings. The van der Waals surface area contributed by atoms with Crippen LogP contribution in [0.25, 0.3) is 0 Å². The van der Waals surface area contributed by atoms with Gasteiger partial charge in [-0.15, -0.1) is 11.8 Å². The van der Waals surface area contributed by atoms with Gasteiger partial charge >= 0.3 is 0 Å². The minimum Gasteiger partial charge on any atom is -0.325 e. The summed E-state index contributed by atoms with van der Waals surface area (Å²) in [5.74, 6) is -0.107. The van der Waals surface area contributed by atoms with Crippen LogP contribution in [0.4, 0.5) is 11.4 Å². The SMILES string of the molecule is CC(Sc1ccc([N+](=O)[O-])cc1)C(=O)Nc1ccc(I)cc1. The van der Waals surface area contributed by atoms with Gasteiger partial charge in [0.1, 0.15) is 0 Å². The molecule has 2 aromatic rings. The lowest BCUT2D eigenvalue weighted by molar-refractivity contribution is -0.384. The number of hydrogen-bond acceptors (Lipinski definition) is 4. The molecule has 0 spiro atoms. The number of carbonyl (C=O) groups is 1. The second kappa shape index (κ2) is 7.59. The zero-order chi connectivity index (χ0) is 16.1. The maximum atomic E-state index is 12.1. The standard InChI is InChI=1S/C15H13IN2O3S/c1-10(15(19)17-12-4-2-11(16)3-5-12)22-14-8-6-13(7-9-14)18(20)21/h2-10H,1H3,(H,17,19). The van der Waals surface area contributed by atoms with Crippen LogP contribution in [0.1, 0.15) is 6.92 Å². The molecule has 1 atom stereocenters. The molecule has 0 aliphatic heterocycles. The Bertz CT molecular complexity index is 674. The molecular weight excluding hydrogens is 415 g/mol. The summed E-state index contributed by atoms with van der Waals surface area (Å²) in [7, 11) is 0.